The summed E-state index contributed by atoms with van der Waals surface area (Å²) in [4.78, 5) is -0.465. The van der Waals surface area contributed by atoms with Gasteiger partial charge in [-0.2, -0.15) is 13.7 Å². The maximum Gasteiger partial charge on any atom is 0.325 e. The van der Waals surface area contributed by atoms with Crippen LogP contribution in [-0.4, -0.2) is 8.42 Å². The third-order valence-corrected chi connectivity index (χ3v) is 2.17. The van der Waals surface area contributed by atoms with Crippen LogP contribution in [0.5, 0.6) is 0 Å². The fourth-order valence-corrected chi connectivity index (χ4v) is 1.41. The first-order valence-corrected chi connectivity index (χ1v) is 4.41. The van der Waals surface area contributed by atoms with Crippen LogP contribution in [0.3, 0.4) is 0 Å². The molecule has 0 unspecified atom stereocenters. The summed E-state index contributed by atoms with van der Waals surface area (Å²) in [5.74, 6) is 0. The van der Waals surface area contributed by atoms with Crippen LogP contribution in [0, 0.1) is 11.3 Å². The van der Waals surface area contributed by atoms with E-state index in [9.17, 15) is 13.0 Å². The Bertz CT molecular complexity index is 430. The van der Waals surface area contributed by atoms with Crippen LogP contribution in [0.2, 0.25) is 0 Å². The lowest BCUT2D eigenvalue weighted by atomic mass is 10.2. The van der Waals surface area contributed by atoms with E-state index in [0.717, 1.165) is 6.07 Å². The van der Waals surface area contributed by atoms with Gasteiger partial charge in [0.1, 0.15) is 11.0 Å². The Kier molecular flexibility index (Phi) is 2.13. The molecular formula is C7H4NO3S. The predicted molar refractivity (Wildman–Crippen MR) is 39.0 cm³/mol. The molecule has 1 radical (unpaired) electrons. The molecule has 0 aromatic heterocycles. The topological polar surface area (TPSA) is 77.8 Å². The van der Waals surface area contributed by atoms with E-state index in [4.69, 9.17) is 5.26 Å². The SMILES string of the molecule is N#Cc1ccccc1S([O])(=O)=O. The van der Waals surface area contributed by atoms with Gasteiger partial charge in [-0.15, -0.1) is 0 Å². The van der Waals surface area contributed by atoms with Crippen molar-refractivity contribution in [2.45, 2.75) is 4.90 Å². The molecular weight excluding hydrogens is 178 g/mol. The van der Waals surface area contributed by atoms with Crippen molar-refractivity contribution in [3.63, 3.8) is 0 Å². The molecule has 1 rings (SSSR count). The molecule has 1 aromatic carbocycles. The number of benzene rings is 1. The third kappa shape index (κ3) is 1.61. The number of rotatable bonds is 1. The summed E-state index contributed by atoms with van der Waals surface area (Å²) in [6, 6.07) is 6.91. The smallest absolute Gasteiger partial charge is 0.192 e. The highest BCUT2D eigenvalue weighted by molar-refractivity contribution is 7.85. The summed E-state index contributed by atoms with van der Waals surface area (Å²) in [6.07, 6.45) is 0. The lowest BCUT2D eigenvalue weighted by Crippen LogP contribution is -1.98. The van der Waals surface area contributed by atoms with Crippen LogP contribution in [0.25, 0.3) is 0 Å². The average molecular weight is 182 g/mol. The van der Waals surface area contributed by atoms with E-state index in [2.05, 4.69) is 0 Å². The highest BCUT2D eigenvalue weighted by Crippen LogP contribution is 2.13. The van der Waals surface area contributed by atoms with E-state index in [0.29, 0.717) is 0 Å². The van der Waals surface area contributed by atoms with Crippen molar-refractivity contribution in [1.82, 2.24) is 0 Å². The molecule has 1 aromatic rings. The maximum absolute atomic E-state index is 10.5. The first-order chi connectivity index (χ1) is 5.55. The Morgan fingerprint density at radius 3 is 2.25 bits per heavy atom. The molecule has 0 aliphatic rings. The molecule has 0 heterocycles. The van der Waals surface area contributed by atoms with Crippen molar-refractivity contribution in [2.24, 2.45) is 0 Å². The Morgan fingerprint density at radius 1 is 1.25 bits per heavy atom. The standard InChI is InChI=1S/C7H4NO3S/c8-5-6-3-1-2-4-7(6)12(9,10)11/h1-4H. The molecule has 12 heavy (non-hydrogen) atoms. The Morgan fingerprint density at radius 2 is 1.83 bits per heavy atom. The normalized spacial score (nSPS) is 10.7. The third-order valence-electron chi connectivity index (χ3n) is 1.28. The molecule has 0 amide bonds. The van der Waals surface area contributed by atoms with Gasteiger partial charge in [-0.1, -0.05) is 16.7 Å². The zero-order valence-corrected chi connectivity index (χ0v) is 6.71. The lowest BCUT2D eigenvalue weighted by Gasteiger charge is -1.95. The molecule has 0 spiro atoms. The van der Waals surface area contributed by atoms with Gasteiger partial charge in [-0.05, 0) is 12.1 Å². The molecule has 0 saturated carbocycles. The second-order valence-corrected chi connectivity index (χ2v) is 3.41. The molecule has 0 N–H and O–H groups in total. The quantitative estimate of drug-likeness (QED) is 0.640. The zero-order valence-electron chi connectivity index (χ0n) is 5.89. The summed E-state index contributed by atoms with van der Waals surface area (Å²) in [7, 11) is -4.52. The van der Waals surface area contributed by atoms with Crippen molar-refractivity contribution >= 4 is 10.1 Å². The molecule has 61 valence electrons. The number of nitriles is 1. The monoisotopic (exact) mass is 182 g/mol. The van der Waals surface area contributed by atoms with E-state index in [-0.39, 0.29) is 5.56 Å². The van der Waals surface area contributed by atoms with Gasteiger partial charge in [0, 0.05) is 0 Å². The predicted octanol–water partition coefficient (Wildman–Crippen LogP) is 0.677. The summed E-state index contributed by atoms with van der Waals surface area (Å²) < 4.78 is 31.5. The van der Waals surface area contributed by atoms with Crippen molar-refractivity contribution < 1.29 is 13.0 Å². The summed E-state index contributed by atoms with van der Waals surface area (Å²) >= 11 is 0. The van der Waals surface area contributed by atoms with Gasteiger partial charge in [-0.3, -0.25) is 0 Å². The van der Waals surface area contributed by atoms with E-state index in [1.165, 1.54) is 18.2 Å². The van der Waals surface area contributed by atoms with Gasteiger partial charge in [-0.25, -0.2) is 0 Å². The first-order valence-electron chi connectivity index (χ1n) is 3.01. The van der Waals surface area contributed by atoms with Crippen LogP contribution in [0.1, 0.15) is 5.56 Å². The number of hydrogen-bond acceptors (Lipinski definition) is 3. The van der Waals surface area contributed by atoms with Crippen LogP contribution >= 0.6 is 0 Å². The minimum absolute atomic E-state index is 0.118. The van der Waals surface area contributed by atoms with Gasteiger partial charge < -0.3 is 0 Å². The summed E-state index contributed by atoms with van der Waals surface area (Å²) in [5, 5.41) is 8.43. The van der Waals surface area contributed by atoms with Crippen LogP contribution < -0.4 is 0 Å². The molecule has 0 atom stereocenters. The molecule has 0 aliphatic carbocycles. The molecule has 0 saturated heterocycles. The second-order valence-electron chi connectivity index (χ2n) is 2.06. The minimum Gasteiger partial charge on any atom is -0.192 e. The fourth-order valence-electron chi connectivity index (χ4n) is 0.777. The number of nitrogens with zero attached hydrogens (tertiary/aromatic N) is 1. The first kappa shape index (κ1) is 8.71. The van der Waals surface area contributed by atoms with Gasteiger partial charge in [0.05, 0.1) is 5.56 Å². The fraction of sp³-hybridized carbons (Fsp3) is 0. The van der Waals surface area contributed by atoms with E-state index >= 15 is 0 Å². The number of hydrogen-bond donors (Lipinski definition) is 0. The summed E-state index contributed by atoms with van der Waals surface area (Å²) in [6.45, 7) is 0. The van der Waals surface area contributed by atoms with Crippen molar-refractivity contribution in [3.05, 3.63) is 29.8 Å². The largest absolute Gasteiger partial charge is 0.325 e. The zero-order chi connectivity index (χ0) is 9.19. The average Bonchev–Trinajstić information content (AvgIpc) is 2.03. The highest BCUT2D eigenvalue weighted by Gasteiger charge is 2.15. The van der Waals surface area contributed by atoms with Crippen LogP contribution in [0.4, 0.5) is 0 Å². The molecule has 0 aliphatic heterocycles. The maximum atomic E-state index is 10.5. The molecule has 5 heteroatoms. The van der Waals surface area contributed by atoms with Crippen molar-refractivity contribution in [3.8, 4) is 6.07 Å². The van der Waals surface area contributed by atoms with Gasteiger partial charge in [0.15, 0.2) is 0 Å². The highest BCUT2D eigenvalue weighted by atomic mass is 32.2. The Hall–Kier alpha value is -1.38. The molecule has 0 fully saturated rings. The Labute approximate surface area is 69.8 Å². The Balaban J connectivity index is 3.47. The van der Waals surface area contributed by atoms with E-state index in [1.54, 1.807) is 6.07 Å². The van der Waals surface area contributed by atoms with Gasteiger partial charge in [0.2, 0.25) is 0 Å². The molecule has 0 bridgehead atoms. The van der Waals surface area contributed by atoms with Crippen molar-refractivity contribution in [1.29, 1.82) is 5.26 Å². The molecule has 4 nitrogen and oxygen atoms in total. The minimum atomic E-state index is -4.52. The van der Waals surface area contributed by atoms with Crippen molar-refractivity contribution in [2.75, 3.05) is 0 Å². The van der Waals surface area contributed by atoms with Crippen LogP contribution in [0.15, 0.2) is 29.2 Å². The summed E-state index contributed by atoms with van der Waals surface area (Å²) in [5.41, 5.74) is -0.118. The van der Waals surface area contributed by atoms with E-state index < -0.39 is 15.0 Å². The van der Waals surface area contributed by atoms with E-state index in [1.807, 2.05) is 0 Å². The van der Waals surface area contributed by atoms with Gasteiger partial charge >= 0.3 is 10.1 Å². The van der Waals surface area contributed by atoms with Crippen LogP contribution in [-0.2, 0) is 14.7 Å². The lowest BCUT2D eigenvalue weighted by molar-refractivity contribution is 0.414. The second kappa shape index (κ2) is 2.93. The van der Waals surface area contributed by atoms with Gasteiger partial charge in [0.25, 0.3) is 0 Å².